The second-order valence-corrected chi connectivity index (χ2v) is 5.48. The van der Waals surface area contributed by atoms with Crippen LogP contribution in [0.5, 0.6) is 0 Å². The number of carboxylic acid groups (broad SMARTS) is 1. The van der Waals surface area contributed by atoms with Gasteiger partial charge >= 0.3 is 11.7 Å². The van der Waals surface area contributed by atoms with Crippen LogP contribution in [0.3, 0.4) is 0 Å². The molecule has 2 rings (SSSR count). The summed E-state index contributed by atoms with van der Waals surface area (Å²) in [5.41, 5.74) is -0.424. The number of aryl methyl sites for hydroxylation is 1. The Bertz CT molecular complexity index is 825. The molecule has 2 heterocycles. The van der Waals surface area contributed by atoms with E-state index in [-0.39, 0.29) is 29.3 Å². The normalized spacial score (nSPS) is 11.5. The van der Waals surface area contributed by atoms with Crippen LogP contribution < -0.4 is 11.2 Å². The van der Waals surface area contributed by atoms with Gasteiger partial charge in [-0.25, -0.2) is 9.78 Å². The fraction of sp³-hybridized carbons (Fsp3) is 0.538. The van der Waals surface area contributed by atoms with E-state index in [1.165, 1.54) is 16.2 Å². The van der Waals surface area contributed by atoms with Crippen molar-refractivity contribution in [2.75, 3.05) is 0 Å². The molecule has 0 bridgehead atoms. The van der Waals surface area contributed by atoms with E-state index in [9.17, 15) is 14.4 Å². The van der Waals surface area contributed by atoms with Crippen molar-refractivity contribution in [1.82, 2.24) is 18.7 Å². The quantitative estimate of drug-likeness (QED) is 0.836. The minimum atomic E-state index is -1.04. The van der Waals surface area contributed by atoms with Gasteiger partial charge in [-0.05, 0) is 5.92 Å². The Balaban J connectivity index is 2.87. The van der Waals surface area contributed by atoms with Crippen LogP contribution >= 0.6 is 0 Å². The zero-order valence-corrected chi connectivity index (χ0v) is 12.5. The minimum Gasteiger partial charge on any atom is -0.481 e. The molecule has 0 aliphatic carbocycles. The van der Waals surface area contributed by atoms with Gasteiger partial charge in [0.2, 0.25) is 0 Å². The van der Waals surface area contributed by atoms with Crippen LogP contribution in [0.1, 0.15) is 19.7 Å². The summed E-state index contributed by atoms with van der Waals surface area (Å²) in [4.78, 5) is 39.6. The van der Waals surface area contributed by atoms with Gasteiger partial charge in [-0.1, -0.05) is 13.8 Å². The minimum absolute atomic E-state index is 0.188. The highest BCUT2D eigenvalue weighted by Gasteiger charge is 2.20. The number of aromatic nitrogens is 4. The first-order valence-electron chi connectivity index (χ1n) is 6.61. The zero-order chi connectivity index (χ0) is 15.9. The maximum Gasteiger partial charge on any atom is 0.332 e. The topological polar surface area (TPSA) is 99.1 Å². The van der Waals surface area contributed by atoms with Gasteiger partial charge in [0, 0.05) is 20.6 Å². The Labute approximate surface area is 120 Å². The molecule has 0 saturated heterocycles. The van der Waals surface area contributed by atoms with E-state index in [0.717, 1.165) is 4.57 Å². The van der Waals surface area contributed by atoms with Gasteiger partial charge in [-0.2, -0.15) is 0 Å². The van der Waals surface area contributed by atoms with Crippen LogP contribution in [-0.4, -0.2) is 29.8 Å². The Morgan fingerprint density at radius 1 is 1.24 bits per heavy atom. The number of carboxylic acids is 1. The lowest BCUT2D eigenvalue weighted by Gasteiger charge is -2.11. The third-order valence-corrected chi connectivity index (χ3v) is 3.31. The van der Waals surface area contributed by atoms with Crippen LogP contribution in [0.15, 0.2) is 9.59 Å². The largest absolute Gasteiger partial charge is 0.481 e. The predicted octanol–water partition coefficient (Wildman–Crippen LogP) is -0.283. The smallest absolute Gasteiger partial charge is 0.332 e. The summed E-state index contributed by atoms with van der Waals surface area (Å²) in [6.45, 7) is 4.31. The van der Waals surface area contributed by atoms with E-state index in [1.54, 1.807) is 7.05 Å². The Morgan fingerprint density at radius 3 is 2.38 bits per heavy atom. The van der Waals surface area contributed by atoms with Crippen molar-refractivity contribution in [2.45, 2.75) is 26.8 Å². The van der Waals surface area contributed by atoms with Crippen molar-refractivity contribution >= 4 is 17.1 Å². The van der Waals surface area contributed by atoms with Crippen molar-refractivity contribution in [2.24, 2.45) is 20.0 Å². The standard InChI is InChI=1S/C13H18N4O4/c1-7(2)6-17-11-10(12(20)16(4)13(17)21)15(3)8(14-11)5-9(18)19/h7H,5-6H2,1-4H3,(H,18,19). The lowest BCUT2D eigenvalue weighted by molar-refractivity contribution is -0.136. The number of imidazole rings is 1. The number of nitrogens with zero attached hydrogens (tertiary/aromatic N) is 4. The van der Waals surface area contributed by atoms with Crippen LogP contribution in [-0.2, 0) is 31.9 Å². The first kappa shape index (κ1) is 15.0. The average Bonchev–Trinajstić information content (AvgIpc) is 2.69. The van der Waals surface area contributed by atoms with Crippen molar-refractivity contribution in [3.63, 3.8) is 0 Å². The second kappa shape index (κ2) is 5.19. The summed E-state index contributed by atoms with van der Waals surface area (Å²) in [7, 11) is 2.99. The third kappa shape index (κ3) is 2.48. The maximum absolute atomic E-state index is 12.2. The van der Waals surface area contributed by atoms with Gasteiger partial charge in [0.1, 0.15) is 12.2 Å². The molecule has 2 aromatic heterocycles. The highest BCUT2D eigenvalue weighted by atomic mass is 16.4. The average molecular weight is 294 g/mol. The molecule has 0 aromatic carbocycles. The molecule has 0 spiro atoms. The Hall–Kier alpha value is -2.38. The van der Waals surface area contributed by atoms with E-state index in [4.69, 9.17) is 5.11 Å². The van der Waals surface area contributed by atoms with E-state index >= 15 is 0 Å². The maximum atomic E-state index is 12.2. The van der Waals surface area contributed by atoms with E-state index in [0.29, 0.717) is 6.54 Å². The number of carbonyl (C=O) groups is 1. The Morgan fingerprint density at radius 2 is 1.86 bits per heavy atom. The highest BCUT2D eigenvalue weighted by Crippen LogP contribution is 2.11. The van der Waals surface area contributed by atoms with Crippen molar-refractivity contribution in [3.8, 4) is 0 Å². The monoisotopic (exact) mass is 294 g/mol. The van der Waals surface area contributed by atoms with Crippen molar-refractivity contribution in [3.05, 3.63) is 26.7 Å². The van der Waals surface area contributed by atoms with Gasteiger partial charge in [0.15, 0.2) is 11.2 Å². The predicted molar refractivity (Wildman–Crippen MR) is 76.4 cm³/mol. The summed E-state index contributed by atoms with van der Waals surface area (Å²) >= 11 is 0. The molecule has 2 aromatic rings. The van der Waals surface area contributed by atoms with Crippen LogP contribution in [0.25, 0.3) is 11.2 Å². The number of aliphatic carboxylic acids is 1. The lowest BCUT2D eigenvalue weighted by atomic mass is 10.2. The summed E-state index contributed by atoms with van der Waals surface area (Å²) < 4.78 is 3.89. The molecule has 0 atom stereocenters. The van der Waals surface area contributed by atoms with Crippen LogP contribution in [0.4, 0.5) is 0 Å². The fourth-order valence-electron chi connectivity index (χ4n) is 2.30. The summed E-state index contributed by atoms with van der Waals surface area (Å²) in [6.07, 6.45) is -0.301. The van der Waals surface area contributed by atoms with Crippen LogP contribution in [0, 0.1) is 5.92 Å². The number of hydrogen-bond donors (Lipinski definition) is 1. The SMILES string of the molecule is CC(C)Cn1c(=O)n(C)c(=O)c2c1nc(CC(=O)O)n2C. The first-order chi connectivity index (χ1) is 9.73. The summed E-state index contributed by atoms with van der Waals surface area (Å²) in [6, 6.07) is 0. The first-order valence-corrected chi connectivity index (χ1v) is 6.61. The van der Waals surface area contributed by atoms with Gasteiger partial charge in [0.25, 0.3) is 5.56 Å². The molecule has 0 aliphatic rings. The zero-order valence-electron chi connectivity index (χ0n) is 12.5. The van der Waals surface area contributed by atoms with Gasteiger partial charge in [0.05, 0.1) is 0 Å². The molecule has 0 aliphatic heterocycles. The molecule has 114 valence electrons. The van der Waals surface area contributed by atoms with Crippen molar-refractivity contribution in [1.29, 1.82) is 0 Å². The molecule has 0 unspecified atom stereocenters. The molecule has 1 N–H and O–H groups in total. The molecule has 0 amide bonds. The highest BCUT2D eigenvalue weighted by molar-refractivity contribution is 5.74. The molecular weight excluding hydrogens is 276 g/mol. The third-order valence-electron chi connectivity index (χ3n) is 3.31. The number of fused-ring (bicyclic) bond motifs is 1. The molecular formula is C13H18N4O4. The van der Waals surface area contributed by atoms with E-state index in [1.807, 2.05) is 13.8 Å². The summed E-state index contributed by atoms with van der Waals surface area (Å²) in [5, 5.41) is 8.90. The van der Waals surface area contributed by atoms with Gasteiger partial charge < -0.3 is 9.67 Å². The molecule has 0 saturated carbocycles. The molecule has 21 heavy (non-hydrogen) atoms. The van der Waals surface area contributed by atoms with Gasteiger partial charge in [-0.3, -0.25) is 18.7 Å². The lowest BCUT2D eigenvalue weighted by Crippen LogP contribution is -2.39. The molecule has 0 radical (unpaired) electrons. The van der Waals surface area contributed by atoms with Gasteiger partial charge in [-0.15, -0.1) is 0 Å². The fourth-order valence-corrected chi connectivity index (χ4v) is 2.30. The van der Waals surface area contributed by atoms with Crippen molar-refractivity contribution < 1.29 is 9.90 Å². The molecule has 8 heteroatoms. The Kier molecular flexibility index (Phi) is 3.71. The summed E-state index contributed by atoms with van der Waals surface area (Å²) in [5.74, 6) is -0.603. The van der Waals surface area contributed by atoms with Crippen LogP contribution in [0.2, 0.25) is 0 Å². The number of hydrogen-bond acceptors (Lipinski definition) is 4. The molecule has 8 nitrogen and oxygen atoms in total. The number of rotatable bonds is 4. The molecule has 0 fully saturated rings. The van der Waals surface area contributed by atoms with E-state index < -0.39 is 17.2 Å². The second-order valence-electron chi connectivity index (χ2n) is 5.48. The van der Waals surface area contributed by atoms with E-state index in [2.05, 4.69) is 4.98 Å².